The normalized spacial score (nSPS) is 11.1. The van der Waals surface area contributed by atoms with Gasteiger partial charge in [-0.25, -0.2) is 9.97 Å². The summed E-state index contributed by atoms with van der Waals surface area (Å²) in [5, 5.41) is 5.73. The van der Waals surface area contributed by atoms with E-state index in [4.69, 9.17) is 9.84 Å². The molecule has 4 rings (SSSR count). The lowest BCUT2D eigenvalue weighted by Crippen LogP contribution is -1.95. The molecule has 0 aliphatic carbocycles. The van der Waals surface area contributed by atoms with Crippen molar-refractivity contribution < 1.29 is 4.74 Å². The second-order valence-corrected chi connectivity index (χ2v) is 6.92. The minimum Gasteiger partial charge on any atom is -0.493 e. The van der Waals surface area contributed by atoms with E-state index >= 15 is 0 Å². The van der Waals surface area contributed by atoms with Crippen LogP contribution in [0.3, 0.4) is 0 Å². The molecule has 0 unspecified atom stereocenters. The molecular weight excluding hydrogens is 404 g/mol. The molecule has 0 saturated carbocycles. The van der Waals surface area contributed by atoms with Crippen LogP contribution in [-0.2, 0) is 6.54 Å². The van der Waals surface area contributed by atoms with Gasteiger partial charge in [0, 0.05) is 35.3 Å². The zero-order valence-corrected chi connectivity index (χ0v) is 16.8. The molecule has 2 aromatic carbocycles. The Labute approximate surface area is 166 Å². The fourth-order valence-electron chi connectivity index (χ4n) is 3.10. The quantitative estimate of drug-likeness (QED) is 0.435. The number of aryl methyl sites for hydroxylation is 1. The molecule has 2 aromatic heterocycles. The lowest BCUT2D eigenvalue weighted by atomic mass is 10.0. The van der Waals surface area contributed by atoms with Crippen LogP contribution in [0.1, 0.15) is 13.8 Å². The van der Waals surface area contributed by atoms with Crippen LogP contribution in [0.25, 0.3) is 33.4 Å². The molecule has 27 heavy (non-hydrogen) atoms. The molecule has 5 nitrogen and oxygen atoms in total. The van der Waals surface area contributed by atoms with Crippen molar-refractivity contribution in [2.24, 2.45) is 0 Å². The van der Waals surface area contributed by atoms with Gasteiger partial charge in [0.1, 0.15) is 17.8 Å². The molecule has 0 spiro atoms. The summed E-state index contributed by atoms with van der Waals surface area (Å²) in [6.07, 6.45) is 3.65. The SMILES string of the molecule is CCOc1cc2ncnc(-c3cn(CC)nc3-c3ccccc3)c2cc1Br. The number of rotatable bonds is 5. The first-order chi connectivity index (χ1) is 13.2. The Morgan fingerprint density at radius 3 is 2.59 bits per heavy atom. The number of halogens is 1. The molecular formula is C21H19BrN4O. The Morgan fingerprint density at radius 1 is 1.04 bits per heavy atom. The molecule has 0 atom stereocenters. The first-order valence-electron chi connectivity index (χ1n) is 8.91. The molecule has 0 bridgehead atoms. The van der Waals surface area contributed by atoms with Gasteiger partial charge in [-0.05, 0) is 35.8 Å². The van der Waals surface area contributed by atoms with Crippen molar-refractivity contribution in [2.75, 3.05) is 6.61 Å². The van der Waals surface area contributed by atoms with Gasteiger partial charge in [-0.1, -0.05) is 30.3 Å². The summed E-state index contributed by atoms with van der Waals surface area (Å²) in [5.74, 6) is 0.780. The van der Waals surface area contributed by atoms with Crippen molar-refractivity contribution in [1.29, 1.82) is 0 Å². The van der Waals surface area contributed by atoms with Crippen LogP contribution >= 0.6 is 15.9 Å². The smallest absolute Gasteiger partial charge is 0.135 e. The van der Waals surface area contributed by atoms with Gasteiger partial charge in [0.05, 0.1) is 22.3 Å². The summed E-state index contributed by atoms with van der Waals surface area (Å²) >= 11 is 3.61. The predicted molar refractivity (Wildman–Crippen MR) is 111 cm³/mol. The number of benzene rings is 2. The highest BCUT2D eigenvalue weighted by Crippen LogP contribution is 2.37. The van der Waals surface area contributed by atoms with Gasteiger partial charge in [0.2, 0.25) is 0 Å². The number of ether oxygens (including phenoxy) is 1. The van der Waals surface area contributed by atoms with E-state index in [1.54, 1.807) is 6.33 Å². The van der Waals surface area contributed by atoms with Crippen LogP contribution in [0.5, 0.6) is 5.75 Å². The molecule has 0 aliphatic heterocycles. The number of hydrogen-bond donors (Lipinski definition) is 0. The summed E-state index contributed by atoms with van der Waals surface area (Å²) in [6, 6.07) is 14.2. The average molecular weight is 423 g/mol. The first-order valence-corrected chi connectivity index (χ1v) is 9.70. The second-order valence-electron chi connectivity index (χ2n) is 6.07. The predicted octanol–water partition coefficient (Wildman–Crippen LogP) is 5.34. The maximum Gasteiger partial charge on any atom is 0.135 e. The highest BCUT2D eigenvalue weighted by Gasteiger charge is 2.18. The average Bonchev–Trinajstić information content (AvgIpc) is 3.13. The number of aromatic nitrogens is 4. The fourth-order valence-corrected chi connectivity index (χ4v) is 3.56. The van der Waals surface area contributed by atoms with E-state index in [0.717, 1.165) is 50.2 Å². The molecule has 0 amide bonds. The fraction of sp³-hybridized carbons (Fsp3) is 0.190. The monoisotopic (exact) mass is 422 g/mol. The lowest BCUT2D eigenvalue weighted by molar-refractivity contribution is 0.338. The van der Waals surface area contributed by atoms with E-state index < -0.39 is 0 Å². The minimum atomic E-state index is 0.601. The van der Waals surface area contributed by atoms with E-state index in [1.165, 1.54) is 0 Å². The van der Waals surface area contributed by atoms with Gasteiger partial charge >= 0.3 is 0 Å². The molecule has 4 aromatic rings. The highest BCUT2D eigenvalue weighted by atomic mass is 79.9. The van der Waals surface area contributed by atoms with Crippen molar-refractivity contribution in [3.63, 3.8) is 0 Å². The third kappa shape index (κ3) is 3.32. The number of hydrogen-bond acceptors (Lipinski definition) is 4. The molecule has 0 fully saturated rings. The third-order valence-corrected chi connectivity index (χ3v) is 5.00. The summed E-state index contributed by atoms with van der Waals surface area (Å²) in [4.78, 5) is 9.04. The van der Waals surface area contributed by atoms with Gasteiger partial charge in [-0.2, -0.15) is 5.10 Å². The van der Waals surface area contributed by atoms with Crippen LogP contribution in [-0.4, -0.2) is 26.4 Å². The largest absolute Gasteiger partial charge is 0.493 e. The molecule has 136 valence electrons. The zero-order chi connectivity index (χ0) is 18.8. The first kappa shape index (κ1) is 17.7. The van der Waals surface area contributed by atoms with Crippen molar-refractivity contribution in [2.45, 2.75) is 20.4 Å². The van der Waals surface area contributed by atoms with Gasteiger partial charge < -0.3 is 4.74 Å². The third-order valence-electron chi connectivity index (χ3n) is 4.38. The Morgan fingerprint density at radius 2 is 1.85 bits per heavy atom. The second kappa shape index (κ2) is 7.48. The van der Waals surface area contributed by atoms with Crippen LogP contribution < -0.4 is 4.74 Å². The van der Waals surface area contributed by atoms with Crippen molar-refractivity contribution in [1.82, 2.24) is 19.7 Å². The Balaban J connectivity index is 1.95. The van der Waals surface area contributed by atoms with Crippen molar-refractivity contribution >= 4 is 26.8 Å². The zero-order valence-electron chi connectivity index (χ0n) is 15.2. The molecule has 0 saturated heterocycles. The van der Waals surface area contributed by atoms with Crippen molar-refractivity contribution in [3.05, 3.63) is 59.5 Å². The van der Waals surface area contributed by atoms with E-state index in [0.29, 0.717) is 6.61 Å². The van der Waals surface area contributed by atoms with Crippen LogP contribution in [0, 0.1) is 0 Å². The van der Waals surface area contributed by atoms with Gasteiger partial charge in [-0.3, -0.25) is 4.68 Å². The van der Waals surface area contributed by atoms with Crippen LogP contribution in [0.2, 0.25) is 0 Å². The maximum atomic E-state index is 5.68. The summed E-state index contributed by atoms with van der Waals surface area (Å²) < 4.78 is 8.51. The number of fused-ring (bicyclic) bond motifs is 1. The molecule has 0 radical (unpaired) electrons. The van der Waals surface area contributed by atoms with E-state index in [9.17, 15) is 0 Å². The molecule has 0 aliphatic rings. The Kier molecular flexibility index (Phi) is 4.90. The van der Waals surface area contributed by atoms with E-state index in [1.807, 2.05) is 41.9 Å². The Hall–Kier alpha value is -2.73. The topological polar surface area (TPSA) is 52.8 Å². The molecule has 6 heteroatoms. The molecule has 0 N–H and O–H groups in total. The minimum absolute atomic E-state index is 0.601. The van der Waals surface area contributed by atoms with Gasteiger partial charge in [0.25, 0.3) is 0 Å². The summed E-state index contributed by atoms with van der Waals surface area (Å²) in [6.45, 7) is 5.44. The van der Waals surface area contributed by atoms with E-state index in [-0.39, 0.29) is 0 Å². The maximum absolute atomic E-state index is 5.68. The Bertz CT molecular complexity index is 1090. The van der Waals surface area contributed by atoms with Crippen LogP contribution in [0.4, 0.5) is 0 Å². The van der Waals surface area contributed by atoms with Crippen LogP contribution in [0.15, 0.2) is 59.5 Å². The van der Waals surface area contributed by atoms with Gasteiger partial charge in [0.15, 0.2) is 0 Å². The summed E-state index contributed by atoms with van der Waals surface area (Å²) in [7, 11) is 0. The van der Waals surface area contributed by atoms with Crippen molar-refractivity contribution in [3.8, 4) is 28.3 Å². The number of nitrogens with zero attached hydrogens (tertiary/aromatic N) is 4. The highest BCUT2D eigenvalue weighted by molar-refractivity contribution is 9.10. The van der Waals surface area contributed by atoms with E-state index in [2.05, 4.69) is 51.2 Å². The lowest BCUT2D eigenvalue weighted by Gasteiger charge is -2.10. The van der Waals surface area contributed by atoms with Gasteiger partial charge in [-0.15, -0.1) is 0 Å². The summed E-state index contributed by atoms with van der Waals surface area (Å²) in [5.41, 5.74) is 4.68. The molecule has 2 heterocycles. The standard InChI is InChI=1S/C21H19BrN4O/c1-3-26-12-16(20(25-26)14-8-6-5-7-9-14)21-15-10-17(22)19(27-4-2)11-18(15)23-13-24-21/h5-13H,3-4H2,1-2H3.